The number of esters is 2. The van der Waals surface area contributed by atoms with E-state index in [0.717, 1.165) is 0 Å². The summed E-state index contributed by atoms with van der Waals surface area (Å²) in [5.74, 6) is -0.967. The highest BCUT2D eigenvalue weighted by Crippen LogP contribution is 2.42. The number of carbonyl (C=O) groups is 2. The summed E-state index contributed by atoms with van der Waals surface area (Å²) in [5, 5.41) is -0.180. The van der Waals surface area contributed by atoms with Crippen molar-refractivity contribution in [1.82, 2.24) is 9.55 Å². The molecule has 1 fully saturated rings. The Morgan fingerprint density at radius 3 is 2.10 bits per heavy atom. The maximum absolute atomic E-state index is 12.8. The van der Waals surface area contributed by atoms with Crippen LogP contribution in [0.1, 0.15) is 40.8 Å². The van der Waals surface area contributed by atoms with E-state index in [1.165, 1.54) is 30.7 Å². The first-order chi connectivity index (χ1) is 18.7. The molecule has 1 aromatic heterocycles. The number of H-pyrrole nitrogens is 1. The number of rotatable bonds is 15. The van der Waals surface area contributed by atoms with Gasteiger partial charge in [0.1, 0.15) is 54.5 Å². The van der Waals surface area contributed by atoms with Gasteiger partial charge in [0.15, 0.2) is 14.5 Å². The molecule has 0 saturated carbocycles. The Kier molecular flexibility index (Phi) is 13.4. The highest BCUT2D eigenvalue weighted by molar-refractivity contribution is 14.1. The zero-order valence-electron chi connectivity index (χ0n) is 23.8. The maximum Gasteiger partial charge on any atom is 0.330 e. The van der Waals surface area contributed by atoms with Crippen LogP contribution in [-0.2, 0) is 45.5 Å². The van der Waals surface area contributed by atoms with Crippen molar-refractivity contribution < 1.29 is 45.5 Å². The summed E-state index contributed by atoms with van der Waals surface area (Å²) in [5.41, 5.74) is -1.28. The Hall–Kier alpha value is -1.67. The summed E-state index contributed by atoms with van der Waals surface area (Å²) in [6.07, 6.45) is -2.15. The number of ether oxygens (including phenoxy) is 6. The minimum atomic E-state index is -2.43. The van der Waals surface area contributed by atoms with Crippen molar-refractivity contribution in [2.24, 2.45) is 0 Å². The van der Waals surface area contributed by atoms with E-state index in [1.54, 1.807) is 23.0 Å². The highest BCUT2D eigenvalue weighted by atomic mass is 127. The zero-order valence-corrected chi connectivity index (χ0v) is 27.0. The van der Waals surface area contributed by atoms with Gasteiger partial charge in [-0.25, -0.2) is 4.79 Å². The molecule has 2 rings (SSSR count). The molecule has 228 valence electrons. The van der Waals surface area contributed by atoms with Crippen LogP contribution >= 0.6 is 23.0 Å². The predicted molar refractivity (Wildman–Crippen MR) is 151 cm³/mol. The molecule has 0 aromatic carbocycles. The topological polar surface area (TPSA) is 163 Å². The van der Waals surface area contributed by atoms with Gasteiger partial charge in [0.2, 0.25) is 0 Å². The standard InChI is InChI=1S/C24H39IN2O12Si/c1-15(28)32-10-12-34-23(35-13-11-33-16(2)29)38-20-19(39-40(6,7)24(3,4)5)17(14-36-25)37-21(20)27-9-8-18(30)26-22(27)31/h8-9,17,19-21,23H,10-14H2,1-7H3,(H,26,30,31)/t17-,19?,20?,21-/m0/s1. The van der Waals surface area contributed by atoms with E-state index in [1.807, 2.05) is 0 Å². The van der Waals surface area contributed by atoms with Gasteiger partial charge in [0.05, 0.1) is 19.8 Å². The molecule has 1 aliphatic rings. The number of halogens is 1. The van der Waals surface area contributed by atoms with Gasteiger partial charge >= 0.3 is 17.6 Å². The molecule has 16 heteroatoms. The van der Waals surface area contributed by atoms with Crippen molar-refractivity contribution in [3.8, 4) is 0 Å². The van der Waals surface area contributed by atoms with Crippen LogP contribution in [0.4, 0.5) is 0 Å². The summed E-state index contributed by atoms with van der Waals surface area (Å²) in [4.78, 5) is 49.1. The average Bonchev–Trinajstić information content (AvgIpc) is 3.14. The number of aromatic amines is 1. The first kappa shape index (κ1) is 34.5. The molecule has 2 unspecified atom stereocenters. The van der Waals surface area contributed by atoms with Gasteiger partial charge in [0, 0.05) is 26.1 Å². The predicted octanol–water partition coefficient (Wildman–Crippen LogP) is 2.02. The van der Waals surface area contributed by atoms with Crippen LogP contribution in [0.15, 0.2) is 21.9 Å². The van der Waals surface area contributed by atoms with Gasteiger partial charge in [-0.2, -0.15) is 0 Å². The Morgan fingerprint density at radius 2 is 1.62 bits per heavy atom. The van der Waals surface area contributed by atoms with Crippen LogP contribution in [0.5, 0.6) is 0 Å². The summed E-state index contributed by atoms with van der Waals surface area (Å²) >= 11 is 1.75. The largest absolute Gasteiger partial charge is 0.463 e. The second kappa shape index (κ2) is 15.5. The molecule has 0 spiro atoms. The third-order valence-electron chi connectivity index (χ3n) is 6.43. The first-order valence-electron chi connectivity index (χ1n) is 12.7. The Balaban J connectivity index is 2.44. The minimum Gasteiger partial charge on any atom is -0.463 e. The SMILES string of the molecule is CC(=O)OCCOC(OCCOC(C)=O)OC1C(O[Si](C)(C)C(C)(C)C)[C@H](COI)O[C@@H]1n1ccc(=O)[nH]c1=O. The average molecular weight is 703 g/mol. The molecule has 0 amide bonds. The van der Waals surface area contributed by atoms with Crippen molar-refractivity contribution in [3.05, 3.63) is 33.1 Å². The molecule has 40 heavy (non-hydrogen) atoms. The number of hydrogen-bond acceptors (Lipinski definition) is 12. The van der Waals surface area contributed by atoms with Crippen LogP contribution in [0.25, 0.3) is 0 Å². The summed E-state index contributed by atoms with van der Waals surface area (Å²) in [7, 11) is -2.43. The maximum atomic E-state index is 12.8. The highest BCUT2D eigenvalue weighted by Gasteiger charge is 2.52. The fraction of sp³-hybridized carbons (Fsp3) is 0.750. The first-order valence-corrected chi connectivity index (χ1v) is 16.5. The third-order valence-corrected chi connectivity index (χ3v) is 11.3. The third kappa shape index (κ3) is 10.3. The quantitative estimate of drug-likeness (QED) is 0.0932. The molecular weight excluding hydrogens is 663 g/mol. The Labute approximate surface area is 247 Å². The number of carbonyl (C=O) groups excluding carboxylic acids is 2. The lowest BCUT2D eigenvalue weighted by Crippen LogP contribution is -2.51. The molecule has 0 radical (unpaired) electrons. The fourth-order valence-electron chi connectivity index (χ4n) is 3.47. The monoisotopic (exact) mass is 702 g/mol. The molecule has 2 heterocycles. The van der Waals surface area contributed by atoms with E-state index in [2.05, 4.69) is 38.8 Å². The van der Waals surface area contributed by atoms with E-state index in [0.29, 0.717) is 0 Å². The van der Waals surface area contributed by atoms with E-state index in [9.17, 15) is 19.2 Å². The minimum absolute atomic E-state index is 0.0678. The van der Waals surface area contributed by atoms with Crippen LogP contribution in [-0.4, -0.2) is 87.6 Å². The lowest BCUT2D eigenvalue weighted by Gasteiger charge is -2.40. The van der Waals surface area contributed by atoms with E-state index >= 15 is 0 Å². The zero-order chi connectivity index (χ0) is 30.1. The number of hydrogen-bond donors (Lipinski definition) is 1. The molecule has 0 aliphatic carbocycles. The normalized spacial score (nSPS) is 21.5. The molecular formula is C24H39IN2O12Si. The molecule has 0 bridgehead atoms. The van der Waals surface area contributed by atoms with Gasteiger partial charge in [-0.15, -0.1) is 0 Å². The van der Waals surface area contributed by atoms with Crippen molar-refractivity contribution in [1.29, 1.82) is 0 Å². The number of nitrogens with one attached hydrogen (secondary N) is 1. The molecule has 1 N–H and O–H groups in total. The smallest absolute Gasteiger partial charge is 0.330 e. The van der Waals surface area contributed by atoms with Crippen LogP contribution < -0.4 is 11.2 Å². The molecule has 1 aliphatic heterocycles. The number of nitrogens with zero attached hydrogens (tertiary/aromatic N) is 1. The van der Waals surface area contributed by atoms with Crippen LogP contribution in [0.3, 0.4) is 0 Å². The van der Waals surface area contributed by atoms with E-state index < -0.39 is 62.5 Å². The van der Waals surface area contributed by atoms with E-state index in [-0.39, 0.29) is 38.1 Å². The Bertz CT molecular complexity index is 1070. The fourth-order valence-corrected chi connectivity index (χ4v) is 5.15. The second-order valence-electron chi connectivity index (χ2n) is 10.5. The van der Waals surface area contributed by atoms with Crippen LogP contribution in [0.2, 0.25) is 18.1 Å². The van der Waals surface area contributed by atoms with Crippen molar-refractivity contribution in [3.63, 3.8) is 0 Å². The molecule has 1 aromatic rings. The van der Waals surface area contributed by atoms with Crippen LogP contribution in [0, 0.1) is 0 Å². The Morgan fingerprint density at radius 1 is 1.05 bits per heavy atom. The van der Waals surface area contributed by atoms with Gasteiger partial charge in [0.25, 0.3) is 12.0 Å². The molecule has 4 atom stereocenters. The molecule has 1 saturated heterocycles. The van der Waals surface area contributed by atoms with Gasteiger partial charge in [-0.1, -0.05) is 20.8 Å². The second-order valence-corrected chi connectivity index (χ2v) is 15.9. The van der Waals surface area contributed by atoms with E-state index in [4.69, 9.17) is 35.9 Å². The van der Waals surface area contributed by atoms with Crippen molar-refractivity contribution in [2.75, 3.05) is 33.0 Å². The summed E-state index contributed by atoms with van der Waals surface area (Å²) in [6.45, 7) is 11.4. The lowest BCUT2D eigenvalue weighted by molar-refractivity contribution is -0.320. The lowest BCUT2D eigenvalue weighted by atomic mass is 10.1. The van der Waals surface area contributed by atoms with Crippen molar-refractivity contribution in [2.45, 2.75) is 83.8 Å². The van der Waals surface area contributed by atoms with Gasteiger partial charge in [-0.05, 0) is 18.1 Å². The molecule has 14 nitrogen and oxygen atoms in total. The summed E-state index contributed by atoms with van der Waals surface area (Å²) < 4.78 is 47.0. The van der Waals surface area contributed by atoms with Crippen molar-refractivity contribution >= 4 is 43.3 Å². The number of aromatic nitrogens is 2. The van der Waals surface area contributed by atoms with Gasteiger partial charge in [-0.3, -0.25) is 23.9 Å². The summed E-state index contributed by atoms with van der Waals surface area (Å²) in [6, 6.07) is 1.19. The van der Waals surface area contributed by atoms with Gasteiger partial charge < -0.3 is 35.9 Å².